The second kappa shape index (κ2) is 27.3. The molecule has 1 heterocycles. The quantitative estimate of drug-likeness (QED) is 0.0518. The fraction of sp³-hybridized carbons (Fsp3) is 0.829. The van der Waals surface area contributed by atoms with Crippen LogP contribution in [0.1, 0.15) is 129 Å². The maximum Gasteiger partial charge on any atom is 0.306 e. The molecule has 10 heteroatoms. The van der Waals surface area contributed by atoms with E-state index in [2.05, 4.69) is 38.2 Å². The van der Waals surface area contributed by atoms with Crippen LogP contribution < -0.4 is 0 Å². The Balaban J connectivity index is 2.40. The first kappa shape index (κ1) is 41.2. The zero-order valence-electron chi connectivity index (χ0n) is 27.9. The van der Waals surface area contributed by atoms with E-state index < -0.39 is 55.4 Å². The van der Waals surface area contributed by atoms with Crippen molar-refractivity contribution >= 4 is 11.9 Å². The van der Waals surface area contributed by atoms with E-state index in [9.17, 15) is 30.0 Å². The fourth-order valence-corrected chi connectivity index (χ4v) is 4.98. The van der Waals surface area contributed by atoms with Crippen molar-refractivity contribution in [1.82, 2.24) is 0 Å². The molecule has 1 rings (SSSR count). The molecule has 0 aliphatic carbocycles. The highest BCUT2D eigenvalue weighted by atomic mass is 16.7. The van der Waals surface area contributed by atoms with Gasteiger partial charge in [0.25, 0.3) is 0 Å². The monoisotopic (exact) mass is 642 g/mol. The van der Waals surface area contributed by atoms with Crippen LogP contribution in [0.4, 0.5) is 0 Å². The SMILES string of the molecule is CCCCC/C=C\C/C=C\CCCCCCCC(=O)OC(COC(=O)CCCCCCC)CO[C@@H]1O[C@H](CO)[C@@H](O)[C@H](O)[C@H]1O. The van der Waals surface area contributed by atoms with E-state index in [4.69, 9.17) is 18.9 Å². The number of aliphatic hydroxyl groups excluding tert-OH is 4. The van der Waals surface area contributed by atoms with Gasteiger partial charge in [-0.15, -0.1) is 0 Å². The number of aliphatic hydroxyl groups is 4. The number of hydrogen-bond donors (Lipinski definition) is 4. The molecule has 0 bridgehead atoms. The van der Waals surface area contributed by atoms with E-state index in [1.54, 1.807) is 0 Å². The number of carbonyl (C=O) groups is 2. The molecule has 1 aliphatic rings. The largest absolute Gasteiger partial charge is 0.462 e. The summed E-state index contributed by atoms with van der Waals surface area (Å²) in [7, 11) is 0. The van der Waals surface area contributed by atoms with Crippen molar-refractivity contribution in [3.8, 4) is 0 Å². The van der Waals surface area contributed by atoms with Crippen molar-refractivity contribution in [2.45, 2.75) is 166 Å². The zero-order valence-corrected chi connectivity index (χ0v) is 27.9. The summed E-state index contributed by atoms with van der Waals surface area (Å²) >= 11 is 0. The molecular weight excluding hydrogens is 580 g/mol. The van der Waals surface area contributed by atoms with Crippen LogP contribution in [0.15, 0.2) is 24.3 Å². The molecule has 45 heavy (non-hydrogen) atoms. The third kappa shape index (κ3) is 20.1. The van der Waals surface area contributed by atoms with Crippen LogP contribution in [0.25, 0.3) is 0 Å². The fourth-order valence-electron chi connectivity index (χ4n) is 4.98. The Morgan fingerprint density at radius 1 is 0.689 bits per heavy atom. The molecule has 4 N–H and O–H groups in total. The van der Waals surface area contributed by atoms with Gasteiger partial charge in [-0.2, -0.15) is 0 Å². The van der Waals surface area contributed by atoms with Gasteiger partial charge in [0.1, 0.15) is 31.0 Å². The minimum Gasteiger partial charge on any atom is -0.462 e. The smallest absolute Gasteiger partial charge is 0.306 e. The Morgan fingerprint density at radius 3 is 1.89 bits per heavy atom. The molecular formula is C35H62O10. The first-order valence-electron chi connectivity index (χ1n) is 17.4. The molecule has 0 aromatic heterocycles. The molecule has 0 aromatic rings. The van der Waals surface area contributed by atoms with Gasteiger partial charge in [0.05, 0.1) is 13.2 Å². The summed E-state index contributed by atoms with van der Waals surface area (Å²) in [5.74, 6) is -0.840. The van der Waals surface area contributed by atoms with Gasteiger partial charge in [-0.1, -0.05) is 95.9 Å². The molecule has 262 valence electrons. The Kier molecular flexibility index (Phi) is 25.0. The molecule has 0 aromatic carbocycles. The first-order chi connectivity index (χ1) is 21.8. The minimum atomic E-state index is -1.59. The van der Waals surface area contributed by atoms with E-state index in [0.717, 1.165) is 70.6 Å². The number of allylic oxidation sites excluding steroid dienone is 4. The number of ether oxygens (including phenoxy) is 4. The van der Waals surface area contributed by atoms with Crippen LogP contribution in [-0.2, 0) is 28.5 Å². The highest BCUT2D eigenvalue weighted by molar-refractivity contribution is 5.70. The summed E-state index contributed by atoms with van der Waals surface area (Å²) in [6, 6.07) is 0. The third-order valence-corrected chi connectivity index (χ3v) is 7.84. The summed E-state index contributed by atoms with van der Waals surface area (Å²) < 4.78 is 21.8. The van der Waals surface area contributed by atoms with Gasteiger partial charge in [-0.3, -0.25) is 9.59 Å². The van der Waals surface area contributed by atoms with Crippen LogP contribution in [0.3, 0.4) is 0 Å². The highest BCUT2D eigenvalue weighted by Gasteiger charge is 2.44. The molecule has 0 radical (unpaired) electrons. The van der Waals surface area contributed by atoms with Crippen LogP contribution in [0.5, 0.6) is 0 Å². The summed E-state index contributed by atoms with van der Waals surface area (Å²) in [4.78, 5) is 24.8. The number of unbranched alkanes of at least 4 members (excludes halogenated alkanes) is 12. The van der Waals surface area contributed by atoms with E-state index in [-0.39, 0.29) is 26.1 Å². The Labute approximate surface area is 271 Å². The third-order valence-electron chi connectivity index (χ3n) is 7.84. The minimum absolute atomic E-state index is 0.215. The normalized spacial score (nSPS) is 22.7. The average Bonchev–Trinajstić information content (AvgIpc) is 3.03. The van der Waals surface area contributed by atoms with Crippen molar-refractivity contribution in [2.24, 2.45) is 0 Å². The van der Waals surface area contributed by atoms with Crippen LogP contribution in [-0.4, -0.2) is 89.0 Å². The van der Waals surface area contributed by atoms with Gasteiger partial charge in [-0.25, -0.2) is 0 Å². The molecule has 1 unspecified atom stereocenters. The number of carbonyl (C=O) groups excluding carboxylic acids is 2. The number of hydrogen-bond acceptors (Lipinski definition) is 10. The van der Waals surface area contributed by atoms with Gasteiger partial charge in [0, 0.05) is 12.8 Å². The molecule has 0 amide bonds. The molecule has 0 saturated carbocycles. The van der Waals surface area contributed by atoms with Crippen molar-refractivity contribution in [2.75, 3.05) is 19.8 Å². The van der Waals surface area contributed by atoms with E-state index >= 15 is 0 Å². The zero-order chi connectivity index (χ0) is 33.1. The number of esters is 2. The topological polar surface area (TPSA) is 152 Å². The van der Waals surface area contributed by atoms with Crippen molar-refractivity contribution in [1.29, 1.82) is 0 Å². The van der Waals surface area contributed by atoms with E-state index in [1.165, 1.54) is 25.7 Å². The lowest BCUT2D eigenvalue weighted by Crippen LogP contribution is -2.59. The van der Waals surface area contributed by atoms with E-state index in [1.807, 2.05) is 0 Å². The van der Waals surface area contributed by atoms with Crippen LogP contribution in [0.2, 0.25) is 0 Å². The van der Waals surface area contributed by atoms with Crippen LogP contribution in [0, 0.1) is 0 Å². The standard InChI is InChI=1S/C35H62O10/c1-3-5-7-9-10-11-12-13-14-15-16-17-18-20-22-24-31(38)44-28(26-42-30(37)23-21-19-8-6-4-2)27-43-35-34(41)33(40)32(39)29(25-36)45-35/h10-11,13-14,28-29,32-36,39-41H,3-9,12,15-27H2,1-2H3/b11-10-,14-13-/t28?,29-,32-,33+,34-,35-/m1/s1. The highest BCUT2D eigenvalue weighted by Crippen LogP contribution is 2.22. The maximum atomic E-state index is 12.6. The average molecular weight is 643 g/mol. The Bertz CT molecular complexity index is 799. The van der Waals surface area contributed by atoms with Gasteiger partial charge in [-0.05, 0) is 44.9 Å². The van der Waals surface area contributed by atoms with E-state index in [0.29, 0.717) is 6.42 Å². The van der Waals surface area contributed by atoms with Crippen molar-refractivity contribution in [3.05, 3.63) is 24.3 Å². The summed E-state index contributed by atoms with van der Waals surface area (Å²) in [5, 5.41) is 39.7. The summed E-state index contributed by atoms with van der Waals surface area (Å²) in [6.07, 6.45) is 18.1. The second-order valence-corrected chi connectivity index (χ2v) is 12.0. The first-order valence-corrected chi connectivity index (χ1v) is 17.4. The molecule has 10 nitrogen and oxygen atoms in total. The summed E-state index contributed by atoms with van der Waals surface area (Å²) in [6.45, 7) is 3.25. The number of rotatable bonds is 27. The predicted molar refractivity (Wildman–Crippen MR) is 173 cm³/mol. The summed E-state index contributed by atoms with van der Waals surface area (Å²) in [5.41, 5.74) is 0. The maximum absolute atomic E-state index is 12.6. The lowest BCUT2D eigenvalue weighted by atomic mass is 9.99. The molecule has 6 atom stereocenters. The van der Waals surface area contributed by atoms with Gasteiger partial charge in [0.15, 0.2) is 12.4 Å². The van der Waals surface area contributed by atoms with Gasteiger partial charge < -0.3 is 39.4 Å². The molecule has 1 saturated heterocycles. The van der Waals surface area contributed by atoms with Gasteiger partial charge >= 0.3 is 11.9 Å². The van der Waals surface area contributed by atoms with Gasteiger partial charge in [0.2, 0.25) is 0 Å². The molecule has 1 fully saturated rings. The van der Waals surface area contributed by atoms with Crippen molar-refractivity contribution < 1.29 is 49.0 Å². The molecule has 0 spiro atoms. The molecule has 1 aliphatic heterocycles. The second-order valence-electron chi connectivity index (χ2n) is 12.0. The Morgan fingerprint density at radius 2 is 1.24 bits per heavy atom. The van der Waals surface area contributed by atoms with Crippen LogP contribution >= 0.6 is 0 Å². The Hall–Kier alpha value is -1.82. The predicted octanol–water partition coefficient (Wildman–Crippen LogP) is 5.43. The van der Waals surface area contributed by atoms with Crippen molar-refractivity contribution in [3.63, 3.8) is 0 Å². The lowest BCUT2D eigenvalue weighted by molar-refractivity contribution is -0.305. The lowest BCUT2D eigenvalue weighted by Gasteiger charge is -2.39.